The van der Waals surface area contributed by atoms with E-state index in [4.69, 9.17) is 0 Å². The summed E-state index contributed by atoms with van der Waals surface area (Å²) in [6, 6.07) is 0. The van der Waals surface area contributed by atoms with Gasteiger partial charge >= 0.3 is 5.69 Å². The van der Waals surface area contributed by atoms with E-state index in [1.54, 1.807) is 0 Å². The topological polar surface area (TPSA) is 65.7 Å². The maximum Gasteiger partial charge on any atom is 0.326 e. The molecule has 0 saturated carbocycles. The van der Waals surface area contributed by atoms with Crippen LogP contribution in [0.4, 0.5) is 0 Å². The molecule has 0 aromatic carbocycles. The van der Waals surface area contributed by atoms with Gasteiger partial charge < -0.3 is 4.98 Å². The zero-order valence-electron chi connectivity index (χ0n) is 7.80. The first-order chi connectivity index (χ1) is 6.06. The van der Waals surface area contributed by atoms with Gasteiger partial charge in [-0.3, -0.25) is 9.78 Å². The lowest BCUT2D eigenvalue weighted by atomic mass is 10.1. The molecule has 0 atom stereocenters. The van der Waals surface area contributed by atoms with Gasteiger partial charge in [-0.1, -0.05) is 13.8 Å². The van der Waals surface area contributed by atoms with Gasteiger partial charge in [0.2, 0.25) is 0 Å². The van der Waals surface area contributed by atoms with Crippen molar-refractivity contribution in [2.24, 2.45) is 0 Å². The van der Waals surface area contributed by atoms with Crippen LogP contribution in [0.25, 0.3) is 0 Å². The second-order valence-corrected chi connectivity index (χ2v) is 3.83. The Morgan fingerprint density at radius 2 is 1.85 bits per heavy atom. The highest BCUT2D eigenvalue weighted by Crippen LogP contribution is 2.19. The van der Waals surface area contributed by atoms with Gasteiger partial charge in [-0.2, -0.15) is 0 Å². The van der Waals surface area contributed by atoms with Gasteiger partial charge in [-0.15, -0.1) is 11.8 Å². The van der Waals surface area contributed by atoms with E-state index in [0.717, 1.165) is 0 Å². The van der Waals surface area contributed by atoms with E-state index in [0.29, 0.717) is 10.6 Å². The zero-order valence-corrected chi connectivity index (χ0v) is 8.62. The molecular weight excluding hydrogens is 188 g/mol. The van der Waals surface area contributed by atoms with Crippen LogP contribution in [0.5, 0.6) is 0 Å². The van der Waals surface area contributed by atoms with Crippen LogP contribution >= 0.6 is 11.8 Å². The van der Waals surface area contributed by atoms with E-state index < -0.39 is 5.69 Å². The summed E-state index contributed by atoms with van der Waals surface area (Å²) >= 11 is 1.38. The summed E-state index contributed by atoms with van der Waals surface area (Å²) in [5.41, 5.74) is -0.0889. The quantitative estimate of drug-likeness (QED) is 0.551. The van der Waals surface area contributed by atoms with Crippen molar-refractivity contribution in [1.29, 1.82) is 0 Å². The van der Waals surface area contributed by atoms with Crippen LogP contribution in [-0.2, 0) is 0 Å². The van der Waals surface area contributed by atoms with Gasteiger partial charge in [0, 0.05) is 0 Å². The van der Waals surface area contributed by atoms with Gasteiger partial charge in [0.1, 0.15) is 0 Å². The van der Waals surface area contributed by atoms with Gasteiger partial charge in [0.15, 0.2) is 0 Å². The first-order valence-corrected chi connectivity index (χ1v) is 5.19. The monoisotopic (exact) mass is 200 g/mol. The number of aromatic nitrogens is 2. The Kier molecular flexibility index (Phi) is 2.98. The van der Waals surface area contributed by atoms with Crippen LogP contribution in [0.15, 0.2) is 14.6 Å². The summed E-state index contributed by atoms with van der Waals surface area (Å²) in [5, 5.41) is 0.656. The smallest absolute Gasteiger partial charge is 0.302 e. The van der Waals surface area contributed by atoms with E-state index in [1.807, 2.05) is 20.1 Å². The van der Waals surface area contributed by atoms with E-state index in [2.05, 4.69) is 9.97 Å². The van der Waals surface area contributed by atoms with Crippen molar-refractivity contribution in [2.45, 2.75) is 24.8 Å². The highest BCUT2D eigenvalue weighted by atomic mass is 32.2. The predicted octanol–water partition coefficient (Wildman–Crippen LogP) is 0.908. The average molecular weight is 200 g/mol. The molecule has 0 unspecified atom stereocenters. The molecule has 0 saturated heterocycles. The Balaban J connectivity index is 3.48. The number of rotatable bonds is 2. The molecule has 4 nitrogen and oxygen atoms in total. The number of H-pyrrole nitrogens is 2. The fourth-order valence-corrected chi connectivity index (χ4v) is 1.90. The van der Waals surface area contributed by atoms with E-state index >= 15 is 0 Å². The van der Waals surface area contributed by atoms with Crippen molar-refractivity contribution >= 4 is 11.8 Å². The Labute approximate surface area is 79.8 Å². The molecular formula is C8H12N2O2S. The SMILES string of the molecule is CSc1[nH]c(=O)[nH]c(=O)c1C(C)C. The van der Waals surface area contributed by atoms with Crippen LogP contribution in [0.2, 0.25) is 0 Å². The van der Waals surface area contributed by atoms with Crippen LogP contribution in [0.1, 0.15) is 25.3 Å². The molecule has 0 fully saturated rings. The van der Waals surface area contributed by atoms with Crippen LogP contribution in [-0.4, -0.2) is 16.2 Å². The highest BCUT2D eigenvalue weighted by Gasteiger charge is 2.11. The highest BCUT2D eigenvalue weighted by molar-refractivity contribution is 7.98. The Hall–Kier alpha value is -0.970. The minimum absolute atomic E-state index is 0.114. The molecule has 13 heavy (non-hydrogen) atoms. The van der Waals surface area contributed by atoms with Crippen molar-refractivity contribution in [3.05, 3.63) is 26.4 Å². The van der Waals surface area contributed by atoms with Crippen LogP contribution in [0.3, 0.4) is 0 Å². The van der Waals surface area contributed by atoms with Crippen molar-refractivity contribution in [3.63, 3.8) is 0 Å². The number of hydrogen-bond donors (Lipinski definition) is 2. The van der Waals surface area contributed by atoms with Crippen molar-refractivity contribution in [3.8, 4) is 0 Å². The third kappa shape index (κ3) is 2.03. The first kappa shape index (κ1) is 10.1. The normalized spacial score (nSPS) is 10.8. The maximum atomic E-state index is 11.4. The summed E-state index contributed by atoms with van der Waals surface area (Å²) < 4.78 is 0. The van der Waals surface area contributed by atoms with Crippen molar-refractivity contribution in [2.75, 3.05) is 6.26 Å². The molecule has 5 heteroatoms. The molecule has 1 rings (SSSR count). The summed E-state index contributed by atoms with van der Waals surface area (Å²) in [7, 11) is 0. The largest absolute Gasteiger partial charge is 0.326 e. The number of aromatic amines is 2. The Morgan fingerprint density at radius 3 is 2.31 bits per heavy atom. The third-order valence-electron chi connectivity index (χ3n) is 1.72. The number of thioether (sulfide) groups is 1. The van der Waals surface area contributed by atoms with Crippen molar-refractivity contribution < 1.29 is 0 Å². The molecule has 0 aliphatic heterocycles. The van der Waals surface area contributed by atoms with Gasteiger partial charge in [0.05, 0.1) is 10.6 Å². The average Bonchev–Trinajstić information content (AvgIpc) is 2.01. The van der Waals surface area contributed by atoms with Crippen LogP contribution in [0, 0.1) is 0 Å². The molecule has 0 radical (unpaired) electrons. The second kappa shape index (κ2) is 3.83. The Morgan fingerprint density at radius 1 is 1.23 bits per heavy atom. The molecule has 0 amide bonds. The lowest BCUT2D eigenvalue weighted by molar-refractivity contribution is 0.772. The van der Waals surface area contributed by atoms with Gasteiger partial charge in [-0.25, -0.2) is 4.79 Å². The molecule has 0 aliphatic rings. The van der Waals surface area contributed by atoms with Gasteiger partial charge in [-0.05, 0) is 12.2 Å². The van der Waals surface area contributed by atoms with Crippen LogP contribution < -0.4 is 11.2 Å². The lowest BCUT2D eigenvalue weighted by Gasteiger charge is -2.07. The van der Waals surface area contributed by atoms with E-state index in [9.17, 15) is 9.59 Å². The minimum Gasteiger partial charge on any atom is -0.302 e. The fraction of sp³-hybridized carbons (Fsp3) is 0.500. The molecule has 1 aromatic rings. The zero-order chi connectivity index (χ0) is 10.0. The number of nitrogens with one attached hydrogen (secondary N) is 2. The lowest BCUT2D eigenvalue weighted by Crippen LogP contribution is -2.27. The molecule has 0 aliphatic carbocycles. The molecule has 72 valence electrons. The third-order valence-corrected chi connectivity index (χ3v) is 2.46. The molecule has 0 bridgehead atoms. The van der Waals surface area contributed by atoms with E-state index in [1.165, 1.54) is 11.8 Å². The molecule has 0 spiro atoms. The predicted molar refractivity (Wildman–Crippen MR) is 53.6 cm³/mol. The maximum absolute atomic E-state index is 11.4. The fourth-order valence-electron chi connectivity index (χ4n) is 1.16. The summed E-state index contributed by atoms with van der Waals surface area (Å²) in [6.45, 7) is 3.84. The summed E-state index contributed by atoms with van der Waals surface area (Å²) in [4.78, 5) is 27.1. The number of hydrogen-bond acceptors (Lipinski definition) is 3. The molecule has 2 N–H and O–H groups in total. The molecule has 1 heterocycles. The first-order valence-electron chi connectivity index (χ1n) is 3.96. The standard InChI is InChI=1S/C8H12N2O2S/c1-4(2)5-6(11)9-8(12)10-7(5)13-3/h4H,1-3H3,(H2,9,10,11,12). The summed E-state index contributed by atoms with van der Waals surface area (Å²) in [5.74, 6) is 0.114. The van der Waals surface area contributed by atoms with E-state index in [-0.39, 0.29) is 11.5 Å². The molecule has 1 aromatic heterocycles. The Bertz CT molecular complexity index is 405. The van der Waals surface area contributed by atoms with Gasteiger partial charge in [0.25, 0.3) is 5.56 Å². The minimum atomic E-state index is -0.446. The summed E-state index contributed by atoms with van der Waals surface area (Å²) in [6.07, 6.45) is 1.83. The van der Waals surface area contributed by atoms with Crippen molar-refractivity contribution in [1.82, 2.24) is 9.97 Å². The second-order valence-electron chi connectivity index (χ2n) is 3.01.